The van der Waals surface area contributed by atoms with Crippen molar-refractivity contribution < 1.29 is 9.47 Å². The summed E-state index contributed by atoms with van der Waals surface area (Å²) in [5.74, 6) is 1.41. The highest BCUT2D eigenvalue weighted by atomic mass is 16.5. The van der Waals surface area contributed by atoms with Crippen molar-refractivity contribution in [2.75, 3.05) is 19.5 Å². The number of nitrogens with two attached hydrogens (primary N) is 1. The third-order valence-corrected chi connectivity index (χ3v) is 2.74. The van der Waals surface area contributed by atoms with Crippen molar-refractivity contribution in [1.82, 2.24) is 9.78 Å². The second-order valence-electron chi connectivity index (χ2n) is 4.26. The van der Waals surface area contributed by atoms with Gasteiger partial charge in [-0.2, -0.15) is 5.10 Å². The largest absolute Gasteiger partial charge is 0.497 e. The molecule has 0 fully saturated rings. The molecular formula is C14H19N3O2. The second-order valence-corrected chi connectivity index (χ2v) is 4.26. The molecule has 2 aromatic rings. The zero-order chi connectivity index (χ0) is 13.5. The molecule has 2 rings (SSSR count). The lowest BCUT2D eigenvalue weighted by Gasteiger charge is -2.06. The van der Waals surface area contributed by atoms with Gasteiger partial charge in [0, 0.05) is 19.3 Å². The van der Waals surface area contributed by atoms with Gasteiger partial charge >= 0.3 is 0 Å². The zero-order valence-electron chi connectivity index (χ0n) is 11.1. The summed E-state index contributed by atoms with van der Waals surface area (Å²) in [6.07, 6.45) is 2.78. The monoisotopic (exact) mass is 261 g/mol. The summed E-state index contributed by atoms with van der Waals surface area (Å²) in [6, 6.07) is 9.68. The first kappa shape index (κ1) is 13.4. The van der Waals surface area contributed by atoms with Crippen molar-refractivity contribution in [3.05, 3.63) is 42.1 Å². The van der Waals surface area contributed by atoms with Gasteiger partial charge in [0.2, 0.25) is 0 Å². The molecule has 0 unspecified atom stereocenters. The molecule has 1 aromatic heterocycles. The Kier molecular flexibility index (Phi) is 4.80. The van der Waals surface area contributed by atoms with Crippen LogP contribution in [0, 0.1) is 0 Å². The number of benzene rings is 1. The Bertz CT molecular complexity index is 511. The molecule has 5 heteroatoms. The van der Waals surface area contributed by atoms with Crippen molar-refractivity contribution in [3.8, 4) is 5.75 Å². The van der Waals surface area contributed by atoms with Crippen LogP contribution in [0.2, 0.25) is 0 Å². The van der Waals surface area contributed by atoms with E-state index in [9.17, 15) is 0 Å². The molecule has 0 bridgehead atoms. The van der Waals surface area contributed by atoms with Crippen LogP contribution in [0.25, 0.3) is 0 Å². The molecule has 0 radical (unpaired) electrons. The molecule has 1 heterocycles. The molecule has 0 aliphatic heterocycles. The third-order valence-electron chi connectivity index (χ3n) is 2.74. The van der Waals surface area contributed by atoms with Crippen LogP contribution in [-0.4, -0.2) is 23.5 Å². The Labute approximate surface area is 112 Å². The molecule has 0 atom stereocenters. The lowest BCUT2D eigenvalue weighted by molar-refractivity contribution is 0.115. The fourth-order valence-electron chi connectivity index (χ4n) is 1.78. The predicted octanol–water partition coefficient (Wildman–Crippen LogP) is 2.08. The van der Waals surface area contributed by atoms with Gasteiger partial charge in [0.1, 0.15) is 11.6 Å². The number of nitrogens with zero attached hydrogens (tertiary/aromatic N) is 2. The van der Waals surface area contributed by atoms with E-state index >= 15 is 0 Å². The molecule has 0 saturated carbocycles. The summed E-state index contributed by atoms with van der Waals surface area (Å²) in [7, 11) is 1.66. The smallest absolute Gasteiger partial charge is 0.145 e. The van der Waals surface area contributed by atoms with Gasteiger partial charge in [-0.3, -0.25) is 4.68 Å². The molecule has 2 N–H and O–H groups in total. The quantitative estimate of drug-likeness (QED) is 0.775. The number of methoxy groups -OCH3 is 1. The average molecular weight is 261 g/mol. The topological polar surface area (TPSA) is 62.3 Å². The van der Waals surface area contributed by atoms with Gasteiger partial charge < -0.3 is 15.2 Å². The van der Waals surface area contributed by atoms with Gasteiger partial charge in [0.25, 0.3) is 0 Å². The van der Waals surface area contributed by atoms with Crippen LogP contribution in [-0.2, 0) is 17.9 Å². The van der Waals surface area contributed by atoms with E-state index in [1.807, 2.05) is 35.1 Å². The van der Waals surface area contributed by atoms with E-state index in [-0.39, 0.29) is 0 Å². The lowest BCUT2D eigenvalue weighted by atomic mass is 10.2. The number of rotatable bonds is 7. The number of nitrogen functional groups attached to an aromatic ring is 1. The van der Waals surface area contributed by atoms with Crippen molar-refractivity contribution in [3.63, 3.8) is 0 Å². The number of anilines is 1. The summed E-state index contributed by atoms with van der Waals surface area (Å²) < 4.78 is 12.6. The van der Waals surface area contributed by atoms with Gasteiger partial charge in [-0.05, 0) is 30.2 Å². The Morgan fingerprint density at radius 2 is 2.21 bits per heavy atom. The minimum Gasteiger partial charge on any atom is -0.497 e. The molecule has 102 valence electrons. The highest BCUT2D eigenvalue weighted by Crippen LogP contribution is 2.13. The third kappa shape index (κ3) is 4.30. The van der Waals surface area contributed by atoms with Gasteiger partial charge in [-0.25, -0.2) is 0 Å². The van der Waals surface area contributed by atoms with Crippen LogP contribution in [0.15, 0.2) is 36.5 Å². The molecule has 0 aliphatic rings. The van der Waals surface area contributed by atoms with Gasteiger partial charge in [-0.1, -0.05) is 12.1 Å². The van der Waals surface area contributed by atoms with E-state index in [1.165, 1.54) is 0 Å². The van der Waals surface area contributed by atoms with E-state index in [2.05, 4.69) is 5.10 Å². The van der Waals surface area contributed by atoms with Crippen molar-refractivity contribution in [2.24, 2.45) is 0 Å². The summed E-state index contributed by atoms with van der Waals surface area (Å²) in [6.45, 7) is 2.10. The Balaban J connectivity index is 1.66. The summed E-state index contributed by atoms with van der Waals surface area (Å²) in [5, 5.41) is 4.11. The second kappa shape index (κ2) is 6.80. The average Bonchev–Trinajstić information content (AvgIpc) is 2.84. The maximum atomic E-state index is 5.62. The highest BCUT2D eigenvalue weighted by Gasteiger charge is 1.97. The molecule has 5 nitrogen and oxygen atoms in total. The molecule has 1 aromatic carbocycles. The van der Waals surface area contributed by atoms with Gasteiger partial charge in [0.05, 0.1) is 13.7 Å². The number of hydrogen-bond donors (Lipinski definition) is 1. The van der Waals surface area contributed by atoms with Crippen LogP contribution in [0.3, 0.4) is 0 Å². The van der Waals surface area contributed by atoms with Crippen molar-refractivity contribution in [2.45, 2.75) is 19.6 Å². The first-order valence-corrected chi connectivity index (χ1v) is 6.27. The maximum Gasteiger partial charge on any atom is 0.145 e. The number of aromatic nitrogens is 2. The van der Waals surface area contributed by atoms with E-state index in [0.29, 0.717) is 19.0 Å². The molecular weight excluding hydrogens is 242 g/mol. The van der Waals surface area contributed by atoms with E-state index < -0.39 is 0 Å². The standard InChI is InChI=1S/C14H19N3O2/c1-18-13-5-2-4-12(10-13)11-19-9-3-7-17-8-6-14(15)16-17/h2,4-6,8,10H,3,7,9,11H2,1H3,(H2,15,16). The molecule has 0 saturated heterocycles. The number of hydrogen-bond acceptors (Lipinski definition) is 4. The normalized spacial score (nSPS) is 10.6. The summed E-state index contributed by atoms with van der Waals surface area (Å²) in [4.78, 5) is 0. The number of aryl methyl sites for hydroxylation is 1. The van der Waals surface area contributed by atoms with Crippen molar-refractivity contribution >= 4 is 5.82 Å². The Hall–Kier alpha value is -2.01. The fraction of sp³-hybridized carbons (Fsp3) is 0.357. The SMILES string of the molecule is COc1cccc(COCCCn2ccc(N)n2)c1. The zero-order valence-corrected chi connectivity index (χ0v) is 11.1. The maximum absolute atomic E-state index is 5.62. The lowest BCUT2D eigenvalue weighted by Crippen LogP contribution is -2.04. The van der Waals surface area contributed by atoms with E-state index in [4.69, 9.17) is 15.2 Å². The van der Waals surface area contributed by atoms with Gasteiger partial charge in [0.15, 0.2) is 0 Å². The first-order valence-electron chi connectivity index (χ1n) is 6.27. The predicted molar refractivity (Wildman–Crippen MR) is 73.9 cm³/mol. The molecule has 0 amide bonds. The highest BCUT2D eigenvalue weighted by molar-refractivity contribution is 5.27. The van der Waals surface area contributed by atoms with Crippen LogP contribution in [0.1, 0.15) is 12.0 Å². The number of ether oxygens (including phenoxy) is 2. The fourth-order valence-corrected chi connectivity index (χ4v) is 1.78. The van der Waals surface area contributed by atoms with Crippen LogP contribution in [0.4, 0.5) is 5.82 Å². The minimum atomic E-state index is 0.553. The van der Waals surface area contributed by atoms with E-state index in [0.717, 1.165) is 24.3 Å². The van der Waals surface area contributed by atoms with Crippen LogP contribution < -0.4 is 10.5 Å². The molecule has 0 spiro atoms. The first-order chi connectivity index (χ1) is 9.28. The summed E-state index contributed by atoms with van der Waals surface area (Å²) >= 11 is 0. The molecule has 0 aliphatic carbocycles. The van der Waals surface area contributed by atoms with Gasteiger partial charge in [-0.15, -0.1) is 0 Å². The van der Waals surface area contributed by atoms with Crippen LogP contribution in [0.5, 0.6) is 5.75 Å². The summed E-state index contributed by atoms with van der Waals surface area (Å²) in [5.41, 5.74) is 6.65. The van der Waals surface area contributed by atoms with Crippen molar-refractivity contribution in [1.29, 1.82) is 0 Å². The van der Waals surface area contributed by atoms with E-state index in [1.54, 1.807) is 13.2 Å². The Morgan fingerprint density at radius 3 is 2.95 bits per heavy atom. The Morgan fingerprint density at radius 1 is 1.32 bits per heavy atom. The van der Waals surface area contributed by atoms with Crippen LogP contribution >= 0.6 is 0 Å². The molecule has 19 heavy (non-hydrogen) atoms. The minimum absolute atomic E-state index is 0.553.